The molecule has 40 heavy (non-hydrogen) atoms. The van der Waals surface area contributed by atoms with Crippen molar-refractivity contribution < 1.29 is 36.2 Å². The number of rotatable bonds is 11. The summed E-state index contributed by atoms with van der Waals surface area (Å²) < 4.78 is 74.4. The maximum Gasteiger partial charge on any atom is 0.276 e. The molecule has 3 N–H and O–H groups in total. The van der Waals surface area contributed by atoms with Crippen LogP contribution in [-0.2, 0) is 4.79 Å². The zero-order chi connectivity index (χ0) is 29.0. The molecule has 0 spiro atoms. The predicted octanol–water partition coefficient (Wildman–Crippen LogP) is 4.97. The fourth-order valence-corrected chi connectivity index (χ4v) is 4.72. The Morgan fingerprint density at radius 3 is 2.45 bits per heavy atom. The van der Waals surface area contributed by atoms with Gasteiger partial charge in [0.05, 0.1) is 22.5 Å². The monoisotopic (exact) mass is 568 g/mol. The van der Waals surface area contributed by atoms with Gasteiger partial charge in [-0.1, -0.05) is 25.1 Å². The highest BCUT2D eigenvalue weighted by molar-refractivity contribution is 5.93. The quantitative estimate of drug-likeness (QED) is 0.281. The molecule has 2 aromatic heterocycles. The third kappa shape index (κ3) is 5.52. The molecule has 2 amide bonds. The van der Waals surface area contributed by atoms with E-state index in [2.05, 4.69) is 35.5 Å². The number of carbonyl (C=O) groups is 2. The van der Waals surface area contributed by atoms with E-state index in [1.807, 2.05) is 0 Å². The molecular weight excluding hydrogens is 539 g/mol. The van der Waals surface area contributed by atoms with Gasteiger partial charge >= 0.3 is 0 Å². The lowest BCUT2D eigenvalue weighted by Gasteiger charge is -2.32. The number of benzene rings is 1. The van der Waals surface area contributed by atoms with E-state index in [4.69, 9.17) is 0 Å². The number of fused-ring (bicyclic) bond motifs is 1. The topological polar surface area (TPSA) is 126 Å². The zero-order valence-electron chi connectivity index (χ0n) is 22.0. The molecule has 2 fully saturated rings. The average molecular weight is 569 g/mol. The Labute approximate surface area is 225 Å². The fraction of sp³-hybridized carbons (Fsp3) is 0.577. The molecule has 3 aromatic rings. The van der Waals surface area contributed by atoms with Crippen LogP contribution in [0.25, 0.3) is 11.0 Å². The van der Waals surface area contributed by atoms with Crippen LogP contribution in [0.2, 0.25) is 0 Å². The number of nitrogens with one attached hydrogen (secondary N) is 3. The number of aromatic amines is 1. The van der Waals surface area contributed by atoms with Crippen LogP contribution < -0.4 is 10.6 Å². The number of aromatic nitrogens is 4. The van der Waals surface area contributed by atoms with Crippen molar-refractivity contribution in [2.24, 2.45) is 17.3 Å². The summed E-state index contributed by atoms with van der Waals surface area (Å²) in [5.41, 5.74) is -0.765. The molecule has 9 nitrogen and oxygen atoms in total. The number of amides is 2. The molecular formula is C26H29F5N6O3. The highest BCUT2D eigenvalue weighted by Crippen LogP contribution is 2.51. The minimum Gasteiger partial charge on any atom is -0.349 e. The van der Waals surface area contributed by atoms with Gasteiger partial charge in [0.2, 0.25) is 12.3 Å². The summed E-state index contributed by atoms with van der Waals surface area (Å²) >= 11 is 0. The first-order valence-corrected chi connectivity index (χ1v) is 13.0. The number of hydrogen-bond donors (Lipinski definition) is 3. The number of aryl methyl sites for hydroxylation is 1. The number of alkyl halides is 5. The van der Waals surface area contributed by atoms with Gasteiger partial charge < -0.3 is 15.6 Å². The molecule has 1 aromatic carbocycles. The normalized spacial score (nSPS) is 20.8. The van der Waals surface area contributed by atoms with E-state index in [1.54, 1.807) is 18.2 Å². The van der Waals surface area contributed by atoms with E-state index < -0.39 is 53.8 Å². The van der Waals surface area contributed by atoms with Gasteiger partial charge in [-0.25, -0.2) is 31.6 Å². The van der Waals surface area contributed by atoms with Gasteiger partial charge in [0.25, 0.3) is 11.8 Å². The summed E-state index contributed by atoms with van der Waals surface area (Å²) in [5.74, 6) is -5.04. The number of carbonyl (C=O) groups excluding carboxylic acids is 2. The molecule has 0 aliphatic heterocycles. The average Bonchev–Trinajstić information content (AvgIpc) is 3.71. The smallest absolute Gasteiger partial charge is 0.276 e. The van der Waals surface area contributed by atoms with E-state index in [0.29, 0.717) is 16.6 Å². The standard InChI is InChI=1S/C26H29F5N6O3/c1-11-18(37-40-36-11)23(39)35-20(21(27)25(2,3)24(28)29)22-32-15-7-6-13(8-16(15)33-22)19(12-4-5-12)34-17(38)9-14-10-26(14,30)31/h6-8,12,14,19-21,24H,4-5,9-10H2,1-3H3,(H,32,33)(H,34,38)(H,35,39)/t14-,19+,20+,21?/m0/s1. The maximum atomic E-state index is 15.7. The van der Waals surface area contributed by atoms with Crippen molar-refractivity contribution in [3.8, 4) is 0 Å². The first-order valence-electron chi connectivity index (χ1n) is 13.0. The zero-order valence-corrected chi connectivity index (χ0v) is 22.0. The molecule has 2 heterocycles. The van der Waals surface area contributed by atoms with Crippen LogP contribution in [0, 0.1) is 24.2 Å². The summed E-state index contributed by atoms with van der Waals surface area (Å²) in [6.45, 7) is 3.54. The minimum absolute atomic E-state index is 0.0983. The second-order valence-electron chi connectivity index (χ2n) is 11.3. The fourth-order valence-electron chi connectivity index (χ4n) is 4.72. The van der Waals surface area contributed by atoms with Gasteiger partial charge in [-0.3, -0.25) is 9.59 Å². The summed E-state index contributed by atoms with van der Waals surface area (Å²) in [6.07, 6.45) is -4.16. The van der Waals surface area contributed by atoms with Crippen molar-refractivity contribution in [2.45, 2.75) is 77.1 Å². The van der Waals surface area contributed by atoms with Crippen molar-refractivity contribution in [3.63, 3.8) is 0 Å². The molecule has 0 bridgehead atoms. The van der Waals surface area contributed by atoms with E-state index in [0.717, 1.165) is 26.7 Å². The number of H-pyrrole nitrogens is 1. The Kier molecular flexibility index (Phi) is 7.07. The van der Waals surface area contributed by atoms with Crippen molar-refractivity contribution in [3.05, 3.63) is 41.0 Å². The van der Waals surface area contributed by atoms with Crippen LogP contribution in [0.5, 0.6) is 0 Å². The van der Waals surface area contributed by atoms with Crippen LogP contribution in [0.4, 0.5) is 22.0 Å². The Morgan fingerprint density at radius 2 is 1.88 bits per heavy atom. The lowest BCUT2D eigenvalue weighted by atomic mass is 9.83. The Bertz CT molecular complexity index is 1420. The third-order valence-corrected chi connectivity index (χ3v) is 7.70. The second kappa shape index (κ2) is 10.1. The summed E-state index contributed by atoms with van der Waals surface area (Å²) in [5, 5.41) is 12.3. The molecule has 216 valence electrons. The van der Waals surface area contributed by atoms with Crippen molar-refractivity contribution >= 4 is 22.8 Å². The van der Waals surface area contributed by atoms with E-state index in [1.165, 1.54) is 6.92 Å². The Balaban J connectivity index is 1.42. The van der Waals surface area contributed by atoms with Gasteiger partial charge in [0.1, 0.15) is 23.7 Å². The second-order valence-corrected chi connectivity index (χ2v) is 11.3. The number of imidazole rings is 1. The molecule has 4 atom stereocenters. The van der Waals surface area contributed by atoms with Gasteiger partial charge in [-0.15, -0.1) is 0 Å². The Morgan fingerprint density at radius 1 is 1.18 bits per heavy atom. The summed E-state index contributed by atoms with van der Waals surface area (Å²) in [7, 11) is 0. The van der Waals surface area contributed by atoms with Crippen molar-refractivity contribution in [2.75, 3.05) is 0 Å². The van der Waals surface area contributed by atoms with Gasteiger partial charge in [0.15, 0.2) is 5.69 Å². The SMILES string of the molecule is Cc1nonc1C(=O)N[C@@H](c1nc2ccc([C@H](NC(=O)C[C@H]3CC3(F)F)C3CC3)cc2[nH]1)C(F)C(C)(C)C(F)F. The molecule has 2 aliphatic rings. The first kappa shape index (κ1) is 28.0. The van der Waals surface area contributed by atoms with Crippen LogP contribution in [-0.4, -0.2) is 50.6 Å². The van der Waals surface area contributed by atoms with Gasteiger partial charge in [-0.2, -0.15) is 0 Å². The maximum absolute atomic E-state index is 15.7. The number of hydrogen-bond acceptors (Lipinski definition) is 6. The van der Waals surface area contributed by atoms with Crippen LogP contribution in [0.3, 0.4) is 0 Å². The Hall–Kier alpha value is -3.58. The number of halogens is 5. The molecule has 1 unspecified atom stereocenters. The van der Waals surface area contributed by atoms with E-state index in [9.17, 15) is 27.2 Å². The molecule has 0 radical (unpaired) electrons. The largest absolute Gasteiger partial charge is 0.349 e. The summed E-state index contributed by atoms with van der Waals surface area (Å²) in [6, 6.07) is 3.01. The van der Waals surface area contributed by atoms with Crippen LogP contribution >= 0.6 is 0 Å². The van der Waals surface area contributed by atoms with E-state index >= 15 is 4.39 Å². The first-order chi connectivity index (χ1) is 18.8. The molecule has 2 aliphatic carbocycles. The molecule has 2 saturated carbocycles. The van der Waals surface area contributed by atoms with Crippen molar-refractivity contribution in [1.82, 2.24) is 30.9 Å². The highest BCUT2D eigenvalue weighted by Gasteiger charge is 2.57. The lowest BCUT2D eigenvalue weighted by Crippen LogP contribution is -2.45. The third-order valence-electron chi connectivity index (χ3n) is 7.70. The molecule has 14 heteroatoms. The lowest BCUT2D eigenvalue weighted by molar-refractivity contribution is -0.123. The van der Waals surface area contributed by atoms with Gasteiger partial charge in [-0.05, 0) is 48.5 Å². The van der Waals surface area contributed by atoms with Crippen LogP contribution in [0.15, 0.2) is 22.8 Å². The predicted molar refractivity (Wildman–Crippen MR) is 131 cm³/mol. The minimum atomic E-state index is -3.05. The van der Waals surface area contributed by atoms with Gasteiger partial charge in [0, 0.05) is 18.8 Å². The highest BCUT2D eigenvalue weighted by atomic mass is 19.3. The van der Waals surface area contributed by atoms with Crippen molar-refractivity contribution in [1.29, 1.82) is 0 Å². The number of nitrogens with zero attached hydrogens (tertiary/aromatic N) is 3. The summed E-state index contributed by atoms with van der Waals surface area (Å²) in [4.78, 5) is 32.6. The molecule has 5 rings (SSSR count). The van der Waals surface area contributed by atoms with E-state index in [-0.39, 0.29) is 36.0 Å². The molecule has 0 saturated heterocycles. The van der Waals surface area contributed by atoms with Crippen LogP contribution in [0.1, 0.15) is 79.2 Å².